The van der Waals surface area contributed by atoms with Crippen LogP contribution in [0.1, 0.15) is 53.6 Å². The third-order valence-electron chi connectivity index (χ3n) is 6.55. The third-order valence-corrected chi connectivity index (χ3v) is 8.60. The van der Waals surface area contributed by atoms with Gasteiger partial charge in [0.05, 0.1) is 4.90 Å². The number of nitrogens with one attached hydrogen (secondary N) is 1. The Labute approximate surface area is 191 Å². The van der Waals surface area contributed by atoms with Gasteiger partial charge in [-0.2, -0.15) is 4.31 Å². The highest BCUT2D eigenvalue weighted by Gasteiger charge is 2.28. The van der Waals surface area contributed by atoms with E-state index in [0.717, 1.165) is 51.7 Å². The lowest BCUT2D eigenvalue weighted by molar-refractivity contribution is 0.0908. The molecule has 1 amide bonds. The van der Waals surface area contributed by atoms with E-state index in [2.05, 4.69) is 34.5 Å². The van der Waals surface area contributed by atoms with E-state index < -0.39 is 10.0 Å². The number of carbonyl (C=O) groups excluding carboxylic acids is 1. The molecule has 4 rings (SSSR count). The molecule has 2 heterocycles. The smallest absolute Gasteiger partial charge is 0.251 e. The molecule has 2 aromatic rings. The number of benzene rings is 2. The van der Waals surface area contributed by atoms with Crippen molar-refractivity contribution in [1.82, 2.24) is 14.5 Å². The zero-order valence-electron chi connectivity index (χ0n) is 18.8. The second-order valence-corrected chi connectivity index (χ2v) is 10.9. The number of hydrogen-bond donors (Lipinski definition) is 1. The number of aryl methyl sites for hydroxylation is 1. The van der Waals surface area contributed by atoms with Crippen molar-refractivity contribution >= 4 is 15.9 Å². The van der Waals surface area contributed by atoms with E-state index >= 15 is 0 Å². The summed E-state index contributed by atoms with van der Waals surface area (Å²) in [6.07, 6.45) is 4.63. The Kier molecular flexibility index (Phi) is 7.28. The molecule has 0 aliphatic carbocycles. The van der Waals surface area contributed by atoms with Crippen LogP contribution in [0, 0.1) is 6.92 Å². The van der Waals surface area contributed by atoms with Crippen LogP contribution in [0.5, 0.6) is 0 Å². The fraction of sp³-hybridized carbons (Fsp3) is 0.480. The highest BCUT2D eigenvalue weighted by atomic mass is 32.2. The molecule has 0 bridgehead atoms. The van der Waals surface area contributed by atoms with E-state index in [4.69, 9.17) is 0 Å². The van der Waals surface area contributed by atoms with Crippen molar-refractivity contribution in [2.45, 2.75) is 56.5 Å². The van der Waals surface area contributed by atoms with Gasteiger partial charge in [-0.25, -0.2) is 8.42 Å². The molecule has 0 spiro atoms. The lowest BCUT2D eigenvalue weighted by Gasteiger charge is -2.32. The van der Waals surface area contributed by atoms with Crippen LogP contribution < -0.4 is 5.32 Å². The highest BCUT2D eigenvalue weighted by molar-refractivity contribution is 7.89. The summed E-state index contributed by atoms with van der Waals surface area (Å²) in [6.45, 7) is 5.70. The summed E-state index contributed by atoms with van der Waals surface area (Å²) in [5, 5.41) is 3.12. The highest BCUT2D eigenvalue weighted by Crippen LogP contribution is 2.24. The number of carbonyl (C=O) groups is 1. The molecule has 7 heteroatoms. The van der Waals surface area contributed by atoms with Crippen LogP contribution in [0.25, 0.3) is 0 Å². The summed E-state index contributed by atoms with van der Waals surface area (Å²) in [5.41, 5.74) is 2.40. The molecule has 2 saturated heterocycles. The maximum Gasteiger partial charge on any atom is 0.251 e. The van der Waals surface area contributed by atoms with Gasteiger partial charge in [-0.15, -0.1) is 0 Å². The van der Waals surface area contributed by atoms with Gasteiger partial charge < -0.3 is 5.32 Å². The zero-order valence-corrected chi connectivity index (χ0v) is 19.6. The van der Waals surface area contributed by atoms with E-state index in [-0.39, 0.29) is 16.8 Å². The van der Waals surface area contributed by atoms with Crippen LogP contribution in [-0.2, 0) is 16.6 Å². The topological polar surface area (TPSA) is 69.7 Å². The maximum atomic E-state index is 13.1. The van der Waals surface area contributed by atoms with Crippen molar-refractivity contribution in [2.24, 2.45) is 0 Å². The van der Waals surface area contributed by atoms with E-state index in [0.29, 0.717) is 24.2 Å². The molecule has 0 saturated carbocycles. The van der Waals surface area contributed by atoms with E-state index in [1.165, 1.54) is 5.56 Å². The van der Waals surface area contributed by atoms with Gasteiger partial charge in [-0.05, 0) is 55.9 Å². The number of rotatable bonds is 6. The van der Waals surface area contributed by atoms with Crippen LogP contribution in [0.15, 0.2) is 53.4 Å². The quantitative estimate of drug-likeness (QED) is 0.723. The van der Waals surface area contributed by atoms with Gasteiger partial charge in [0.25, 0.3) is 5.91 Å². The van der Waals surface area contributed by atoms with E-state index in [9.17, 15) is 13.2 Å². The molecule has 2 aliphatic heterocycles. The predicted octanol–water partition coefficient (Wildman–Crippen LogP) is 3.56. The first-order chi connectivity index (χ1) is 15.4. The second-order valence-electron chi connectivity index (χ2n) is 8.95. The second kappa shape index (κ2) is 10.1. The summed E-state index contributed by atoms with van der Waals surface area (Å²) in [7, 11) is -3.57. The number of hydrogen-bond acceptors (Lipinski definition) is 4. The largest absolute Gasteiger partial charge is 0.349 e. The monoisotopic (exact) mass is 455 g/mol. The normalized spacial score (nSPS) is 19.0. The molecule has 0 aromatic heterocycles. The molecule has 6 nitrogen and oxygen atoms in total. The van der Waals surface area contributed by atoms with E-state index in [1.807, 2.05) is 6.07 Å². The first kappa shape index (κ1) is 23.0. The predicted molar refractivity (Wildman–Crippen MR) is 126 cm³/mol. The molecule has 172 valence electrons. The Morgan fingerprint density at radius 2 is 1.66 bits per heavy atom. The van der Waals surface area contributed by atoms with Crippen molar-refractivity contribution in [3.05, 3.63) is 65.2 Å². The molecule has 0 unspecified atom stereocenters. The molecule has 32 heavy (non-hydrogen) atoms. The van der Waals surface area contributed by atoms with Gasteiger partial charge in [-0.1, -0.05) is 42.8 Å². The van der Waals surface area contributed by atoms with Crippen molar-refractivity contribution in [3.63, 3.8) is 0 Å². The lowest BCUT2D eigenvalue weighted by atomic mass is 10.0. The minimum absolute atomic E-state index is 0.109. The lowest BCUT2D eigenvalue weighted by Crippen LogP contribution is -2.44. The fourth-order valence-corrected chi connectivity index (χ4v) is 6.38. The van der Waals surface area contributed by atoms with Crippen LogP contribution >= 0.6 is 0 Å². The van der Waals surface area contributed by atoms with Crippen molar-refractivity contribution in [3.8, 4) is 0 Å². The number of nitrogens with zero attached hydrogens (tertiary/aromatic N) is 2. The SMILES string of the molecule is Cc1ccc(C(=O)NC2CCN(Cc3ccccc3)CC2)cc1S(=O)(=O)N1CCCCC1. The average molecular weight is 456 g/mol. The van der Waals surface area contributed by atoms with Gasteiger partial charge in [0.2, 0.25) is 10.0 Å². The van der Waals surface area contributed by atoms with Crippen LogP contribution in [0.2, 0.25) is 0 Å². The Morgan fingerprint density at radius 3 is 2.34 bits per heavy atom. The molecule has 1 N–H and O–H groups in total. The number of amides is 1. The minimum atomic E-state index is -3.57. The van der Waals surface area contributed by atoms with E-state index in [1.54, 1.807) is 29.4 Å². The third kappa shape index (κ3) is 5.39. The Balaban J connectivity index is 1.37. The molecular weight excluding hydrogens is 422 g/mol. The Bertz CT molecular complexity index is 1030. The summed E-state index contributed by atoms with van der Waals surface area (Å²) in [4.78, 5) is 15.6. The number of piperidine rings is 2. The van der Waals surface area contributed by atoms with Gasteiger partial charge in [0.1, 0.15) is 0 Å². The molecule has 0 atom stereocenters. The van der Waals surface area contributed by atoms with Crippen molar-refractivity contribution in [1.29, 1.82) is 0 Å². The van der Waals surface area contributed by atoms with Gasteiger partial charge in [0.15, 0.2) is 0 Å². The summed E-state index contributed by atoms with van der Waals surface area (Å²) in [5.74, 6) is -0.193. The van der Waals surface area contributed by atoms with Gasteiger partial charge >= 0.3 is 0 Å². The summed E-state index contributed by atoms with van der Waals surface area (Å²) in [6, 6.07) is 15.6. The summed E-state index contributed by atoms with van der Waals surface area (Å²) < 4.78 is 27.9. The fourth-order valence-electron chi connectivity index (χ4n) is 4.61. The van der Waals surface area contributed by atoms with Crippen LogP contribution in [0.4, 0.5) is 0 Å². The van der Waals surface area contributed by atoms with Gasteiger partial charge in [-0.3, -0.25) is 9.69 Å². The average Bonchev–Trinajstić information content (AvgIpc) is 2.82. The number of sulfonamides is 1. The first-order valence-corrected chi connectivity index (χ1v) is 13.1. The van der Waals surface area contributed by atoms with Crippen LogP contribution in [0.3, 0.4) is 0 Å². The zero-order chi connectivity index (χ0) is 22.6. The van der Waals surface area contributed by atoms with Gasteiger partial charge in [0, 0.05) is 44.3 Å². The molecular formula is C25H33N3O3S. The number of likely N-dealkylation sites (tertiary alicyclic amines) is 1. The molecule has 2 fully saturated rings. The van der Waals surface area contributed by atoms with Crippen molar-refractivity contribution < 1.29 is 13.2 Å². The summed E-state index contributed by atoms with van der Waals surface area (Å²) >= 11 is 0. The molecule has 0 radical (unpaired) electrons. The maximum absolute atomic E-state index is 13.1. The molecule has 2 aliphatic rings. The van der Waals surface area contributed by atoms with Crippen molar-refractivity contribution in [2.75, 3.05) is 26.2 Å². The Hall–Kier alpha value is -2.22. The molecule has 2 aromatic carbocycles. The first-order valence-electron chi connectivity index (χ1n) is 11.6. The van der Waals surface area contributed by atoms with Crippen LogP contribution in [-0.4, -0.2) is 55.8 Å². The Morgan fingerprint density at radius 1 is 0.969 bits per heavy atom. The standard InChI is InChI=1S/C25H33N3O3S/c1-20-10-11-22(18-24(20)32(30,31)28-14-6-3-7-15-28)25(29)26-23-12-16-27(17-13-23)19-21-8-4-2-5-9-21/h2,4-5,8-11,18,23H,3,6-7,12-17,19H2,1H3,(H,26,29). The minimum Gasteiger partial charge on any atom is -0.349 e.